The fourth-order valence-electron chi connectivity index (χ4n) is 4.36. The van der Waals surface area contributed by atoms with Crippen LogP contribution < -0.4 is 20.0 Å². The average Bonchev–Trinajstić information content (AvgIpc) is 3.48. The summed E-state index contributed by atoms with van der Waals surface area (Å²) in [6.07, 6.45) is 6.44. The van der Waals surface area contributed by atoms with Crippen LogP contribution in [0.2, 0.25) is 0 Å². The molecule has 4 heterocycles. The zero-order chi connectivity index (χ0) is 20.1. The number of rotatable bonds is 7. The molecule has 0 atom stereocenters. The lowest BCUT2D eigenvalue weighted by Crippen LogP contribution is -2.42. The van der Waals surface area contributed by atoms with E-state index >= 15 is 0 Å². The van der Waals surface area contributed by atoms with Crippen molar-refractivity contribution in [1.82, 2.24) is 20.3 Å². The second-order valence-corrected chi connectivity index (χ2v) is 8.17. The highest BCUT2D eigenvalue weighted by Crippen LogP contribution is 2.27. The Bertz CT molecular complexity index is 647. The summed E-state index contributed by atoms with van der Waals surface area (Å²) >= 11 is 0. The number of carbonyl (C=O) groups is 1. The third-order valence-corrected chi connectivity index (χ3v) is 6.13. The largest absolute Gasteiger partial charge is 0.383 e. The van der Waals surface area contributed by atoms with Gasteiger partial charge in [-0.25, -0.2) is 0 Å². The molecule has 9 nitrogen and oxygen atoms in total. The van der Waals surface area contributed by atoms with E-state index in [0.717, 1.165) is 70.0 Å². The number of nitrogens with zero attached hydrogens (tertiary/aromatic N) is 6. The highest BCUT2D eigenvalue weighted by Gasteiger charge is 2.28. The van der Waals surface area contributed by atoms with Gasteiger partial charge in [0.05, 0.1) is 6.61 Å². The van der Waals surface area contributed by atoms with Crippen LogP contribution in [0.25, 0.3) is 0 Å². The first-order valence-electron chi connectivity index (χ1n) is 11.0. The van der Waals surface area contributed by atoms with Crippen LogP contribution in [0.15, 0.2) is 0 Å². The summed E-state index contributed by atoms with van der Waals surface area (Å²) in [5.74, 6) is 2.58. The van der Waals surface area contributed by atoms with Gasteiger partial charge in [0, 0.05) is 58.8 Å². The maximum atomic E-state index is 12.3. The molecule has 3 fully saturated rings. The number of ether oxygens (including phenoxy) is 1. The smallest absolute Gasteiger partial charge is 0.231 e. The predicted molar refractivity (Wildman–Crippen MR) is 113 cm³/mol. The minimum Gasteiger partial charge on any atom is -0.383 e. The summed E-state index contributed by atoms with van der Waals surface area (Å²) in [6, 6.07) is 0. The summed E-state index contributed by atoms with van der Waals surface area (Å²) in [4.78, 5) is 33.6. The number of amides is 1. The van der Waals surface area contributed by atoms with Gasteiger partial charge in [-0.15, -0.1) is 0 Å². The van der Waals surface area contributed by atoms with Gasteiger partial charge in [-0.1, -0.05) is 0 Å². The first kappa shape index (κ1) is 20.1. The lowest BCUT2D eigenvalue weighted by atomic mass is 9.96. The van der Waals surface area contributed by atoms with E-state index < -0.39 is 0 Å². The highest BCUT2D eigenvalue weighted by molar-refractivity contribution is 5.78. The van der Waals surface area contributed by atoms with Crippen molar-refractivity contribution in [2.24, 2.45) is 5.92 Å². The second-order valence-electron chi connectivity index (χ2n) is 8.17. The minimum atomic E-state index is 0.0565. The Kier molecular flexibility index (Phi) is 6.63. The molecule has 1 N–H and O–H groups in total. The first-order valence-corrected chi connectivity index (χ1v) is 11.0. The van der Waals surface area contributed by atoms with Crippen LogP contribution in [0.4, 0.5) is 17.8 Å². The van der Waals surface area contributed by atoms with E-state index in [9.17, 15) is 4.79 Å². The lowest BCUT2D eigenvalue weighted by Gasteiger charge is -2.32. The van der Waals surface area contributed by atoms with Crippen molar-refractivity contribution < 1.29 is 9.53 Å². The average molecular weight is 404 g/mol. The zero-order valence-electron chi connectivity index (χ0n) is 17.5. The Morgan fingerprint density at radius 3 is 1.76 bits per heavy atom. The molecule has 1 amide bonds. The maximum absolute atomic E-state index is 12.3. The van der Waals surface area contributed by atoms with E-state index in [2.05, 4.69) is 20.0 Å². The van der Waals surface area contributed by atoms with Crippen LogP contribution in [0.5, 0.6) is 0 Å². The fourth-order valence-corrected chi connectivity index (χ4v) is 4.36. The zero-order valence-corrected chi connectivity index (χ0v) is 17.5. The standard InChI is InChI=1S/C20H33N7O2/c1-29-15-8-21-17(28)16-6-13-27(14-7-16)20-23-18(25-9-2-3-10-25)22-19(24-20)26-11-4-5-12-26/h16H,2-15H2,1H3,(H,21,28). The lowest BCUT2D eigenvalue weighted by molar-refractivity contribution is -0.125. The number of piperidine rings is 1. The van der Waals surface area contributed by atoms with Crippen LogP contribution >= 0.6 is 0 Å². The van der Waals surface area contributed by atoms with E-state index in [1.165, 1.54) is 25.7 Å². The number of nitrogens with one attached hydrogen (secondary N) is 1. The van der Waals surface area contributed by atoms with Crippen molar-refractivity contribution in [3.8, 4) is 0 Å². The molecule has 0 unspecified atom stereocenters. The van der Waals surface area contributed by atoms with Gasteiger partial charge in [0.25, 0.3) is 0 Å². The van der Waals surface area contributed by atoms with Crippen LogP contribution in [0.3, 0.4) is 0 Å². The summed E-state index contributed by atoms with van der Waals surface area (Å²) in [5.41, 5.74) is 0. The van der Waals surface area contributed by atoms with Crippen molar-refractivity contribution in [2.75, 3.05) is 74.2 Å². The van der Waals surface area contributed by atoms with Gasteiger partial charge in [0.1, 0.15) is 0 Å². The molecule has 0 spiro atoms. The monoisotopic (exact) mass is 403 g/mol. The molecule has 0 aromatic carbocycles. The van der Waals surface area contributed by atoms with Gasteiger partial charge in [0.2, 0.25) is 23.8 Å². The van der Waals surface area contributed by atoms with Gasteiger partial charge in [-0.2, -0.15) is 15.0 Å². The van der Waals surface area contributed by atoms with Gasteiger partial charge in [0.15, 0.2) is 0 Å². The van der Waals surface area contributed by atoms with Crippen molar-refractivity contribution in [3.63, 3.8) is 0 Å². The van der Waals surface area contributed by atoms with Gasteiger partial charge in [-0.05, 0) is 38.5 Å². The Labute approximate surface area is 172 Å². The van der Waals surface area contributed by atoms with Gasteiger partial charge < -0.3 is 24.8 Å². The van der Waals surface area contributed by atoms with Crippen LogP contribution in [-0.4, -0.2) is 80.4 Å². The highest BCUT2D eigenvalue weighted by atomic mass is 16.5. The van der Waals surface area contributed by atoms with Crippen LogP contribution in [0, 0.1) is 5.92 Å². The van der Waals surface area contributed by atoms with Crippen molar-refractivity contribution in [2.45, 2.75) is 38.5 Å². The van der Waals surface area contributed by atoms with Gasteiger partial charge in [-0.3, -0.25) is 4.79 Å². The molecule has 29 heavy (non-hydrogen) atoms. The first-order chi connectivity index (χ1) is 14.2. The van der Waals surface area contributed by atoms with E-state index in [0.29, 0.717) is 13.2 Å². The van der Waals surface area contributed by atoms with Crippen molar-refractivity contribution in [1.29, 1.82) is 0 Å². The second kappa shape index (κ2) is 9.56. The van der Waals surface area contributed by atoms with E-state index in [-0.39, 0.29) is 11.8 Å². The molecule has 3 saturated heterocycles. The quantitative estimate of drug-likeness (QED) is 0.676. The SMILES string of the molecule is COCCNC(=O)C1CCN(c2nc(N3CCCC3)nc(N3CCCC3)n2)CC1. The molecule has 0 bridgehead atoms. The third-order valence-electron chi connectivity index (χ3n) is 6.13. The van der Waals surface area contributed by atoms with E-state index in [4.69, 9.17) is 19.7 Å². The molecule has 0 aliphatic carbocycles. The number of methoxy groups -OCH3 is 1. The van der Waals surface area contributed by atoms with Crippen LogP contribution in [0.1, 0.15) is 38.5 Å². The molecule has 1 aromatic rings. The number of hydrogen-bond donors (Lipinski definition) is 1. The molecule has 1 aromatic heterocycles. The number of carbonyl (C=O) groups excluding carboxylic acids is 1. The number of hydrogen-bond acceptors (Lipinski definition) is 8. The van der Waals surface area contributed by atoms with Crippen molar-refractivity contribution >= 4 is 23.8 Å². The van der Waals surface area contributed by atoms with Crippen LogP contribution in [-0.2, 0) is 9.53 Å². The Hall–Kier alpha value is -2.16. The van der Waals surface area contributed by atoms with E-state index in [1.54, 1.807) is 7.11 Å². The summed E-state index contributed by atoms with van der Waals surface area (Å²) < 4.78 is 5.01. The van der Waals surface area contributed by atoms with Gasteiger partial charge >= 0.3 is 0 Å². The predicted octanol–water partition coefficient (Wildman–Crippen LogP) is 1.05. The Morgan fingerprint density at radius 1 is 0.862 bits per heavy atom. The summed E-state index contributed by atoms with van der Waals surface area (Å²) in [7, 11) is 1.65. The summed E-state index contributed by atoms with van der Waals surface area (Å²) in [6.45, 7) is 6.80. The third kappa shape index (κ3) is 4.88. The summed E-state index contributed by atoms with van der Waals surface area (Å²) in [5, 5.41) is 2.96. The molecule has 3 aliphatic rings. The Morgan fingerprint density at radius 2 is 1.31 bits per heavy atom. The van der Waals surface area contributed by atoms with Crippen molar-refractivity contribution in [3.05, 3.63) is 0 Å². The molecule has 3 aliphatic heterocycles. The minimum absolute atomic E-state index is 0.0565. The molecule has 160 valence electrons. The molecule has 0 saturated carbocycles. The molecular formula is C20H33N7O2. The molecule has 0 radical (unpaired) electrons. The molecule has 9 heteroatoms. The Balaban J connectivity index is 1.44. The number of aromatic nitrogens is 3. The normalized spacial score (nSPS) is 20.5. The fraction of sp³-hybridized carbons (Fsp3) is 0.800. The maximum Gasteiger partial charge on any atom is 0.231 e. The topological polar surface area (TPSA) is 86.7 Å². The van der Waals surface area contributed by atoms with E-state index in [1.807, 2.05) is 0 Å². The molecular weight excluding hydrogens is 370 g/mol. The molecule has 4 rings (SSSR count). The number of anilines is 3.